The van der Waals surface area contributed by atoms with Gasteiger partial charge in [-0.2, -0.15) is 5.26 Å². The Morgan fingerprint density at radius 1 is 0.792 bits per heavy atom. The Bertz CT molecular complexity index is 810. The Morgan fingerprint density at radius 2 is 1.29 bits per heavy atom. The zero-order valence-electron chi connectivity index (χ0n) is 12.9. The lowest BCUT2D eigenvalue weighted by Crippen LogP contribution is -2.13. The predicted molar refractivity (Wildman–Crippen MR) is 91.3 cm³/mol. The van der Waals surface area contributed by atoms with Gasteiger partial charge in [-0.1, -0.05) is 60.7 Å². The first-order valence-corrected chi connectivity index (χ1v) is 7.59. The number of hydrogen-bond donors (Lipinski definition) is 0. The van der Waals surface area contributed by atoms with E-state index in [-0.39, 0.29) is 0 Å². The van der Waals surface area contributed by atoms with E-state index >= 15 is 0 Å². The summed E-state index contributed by atoms with van der Waals surface area (Å²) in [5.41, 5.74) is 2.75. The van der Waals surface area contributed by atoms with Crippen LogP contribution in [0.2, 0.25) is 0 Å². The zero-order valence-corrected chi connectivity index (χ0v) is 12.9. The molecular weight excluding hydrogens is 298 g/mol. The van der Waals surface area contributed by atoms with Crippen LogP contribution in [0.3, 0.4) is 0 Å². The predicted octanol–water partition coefficient (Wildman–Crippen LogP) is 4.50. The van der Waals surface area contributed by atoms with Crippen molar-refractivity contribution in [3.8, 4) is 6.07 Å². The summed E-state index contributed by atoms with van der Waals surface area (Å²) in [6.07, 6.45) is -0.476. The summed E-state index contributed by atoms with van der Waals surface area (Å²) in [7, 11) is 0. The second-order valence-corrected chi connectivity index (χ2v) is 5.30. The first kappa shape index (κ1) is 15.5. The first-order valence-electron chi connectivity index (χ1n) is 7.59. The van der Waals surface area contributed by atoms with E-state index in [0.29, 0.717) is 11.1 Å². The van der Waals surface area contributed by atoms with Gasteiger partial charge in [-0.15, -0.1) is 0 Å². The summed E-state index contributed by atoms with van der Waals surface area (Å²) in [6.45, 7) is 0. The van der Waals surface area contributed by atoms with E-state index in [1.54, 1.807) is 24.3 Å². The van der Waals surface area contributed by atoms with Crippen LogP contribution in [0.4, 0.5) is 0 Å². The SMILES string of the molecule is N#Cc1ccc(C(=O)OC(c2ccccc2)c2ccccc2)cc1. The van der Waals surface area contributed by atoms with Crippen LogP contribution in [-0.4, -0.2) is 5.97 Å². The van der Waals surface area contributed by atoms with Crippen LogP contribution in [0.25, 0.3) is 0 Å². The molecule has 0 N–H and O–H groups in total. The molecule has 0 atom stereocenters. The molecule has 0 amide bonds. The Balaban J connectivity index is 1.89. The van der Waals surface area contributed by atoms with Crippen LogP contribution < -0.4 is 0 Å². The highest BCUT2D eigenvalue weighted by Gasteiger charge is 2.19. The third-order valence-corrected chi connectivity index (χ3v) is 3.68. The molecule has 3 aromatic carbocycles. The molecule has 0 aromatic heterocycles. The monoisotopic (exact) mass is 313 g/mol. The van der Waals surface area contributed by atoms with Gasteiger partial charge in [0.1, 0.15) is 0 Å². The Labute approximate surface area is 140 Å². The van der Waals surface area contributed by atoms with E-state index in [4.69, 9.17) is 10.00 Å². The third kappa shape index (κ3) is 3.50. The van der Waals surface area contributed by atoms with Crippen LogP contribution in [0.5, 0.6) is 0 Å². The van der Waals surface area contributed by atoms with E-state index in [2.05, 4.69) is 0 Å². The summed E-state index contributed by atoms with van der Waals surface area (Å²) in [4.78, 5) is 12.5. The molecule has 24 heavy (non-hydrogen) atoms. The van der Waals surface area contributed by atoms with Gasteiger partial charge in [0.15, 0.2) is 6.10 Å². The Hall–Kier alpha value is -3.38. The van der Waals surface area contributed by atoms with Gasteiger partial charge >= 0.3 is 5.97 Å². The van der Waals surface area contributed by atoms with Gasteiger partial charge in [0.2, 0.25) is 0 Å². The van der Waals surface area contributed by atoms with E-state index in [1.807, 2.05) is 66.7 Å². The Kier molecular flexibility index (Phi) is 4.69. The molecule has 0 saturated heterocycles. The van der Waals surface area contributed by atoms with Crippen LogP contribution in [0.1, 0.15) is 33.2 Å². The highest BCUT2D eigenvalue weighted by molar-refractivity contribution is 5.89. The van der Waals surface area contributed by atoms with Crippen LogP contribution >= 0.6 is 0 Å². The number of ether oxygens (including phenoxy) is 1. The molecule has 3 heteroatoms. The van der Waals surface area contributed by atoms with Crippen molar-refractivity contribution in [2.24, 2.45) is 0 Å². The fraction of sp³-hybridized carbons (Fsp3) is 0.0476. The first-order chi connectivity index (χ1) is 11.8. The van der Waals surface area contributed by atoms with Gasteiger partial charge in [0.25, 0.3) is 0 Å². The minimum absolute atomic E-state index is 0.419. The summed E-state index contributed by atoms with van der Waals surface area (Å²) < 4.78 is 5.76. The minimum Gasteiger partial charge on any atom is -0.449 e. The fourth-order valence-electron chi connectivity index (χ4n) is 2.44. The van der Waals surface area contributed by atoms with Gasteiger partial charge < -0.3 is 4.74 Å². The molecule has 116 valence electrons. The van der Waals surface area contributed by atoms with E-state index in [9.17, 15) is 4.79 Å². The van der Waals surface area contributed by atoms with Gasteiger partial charge in [-0.3, -0.25) is 0 Å². The molecule has 0 aliphatic carbocycles. The summed E-state index contributed by atoms with van der Waals surface area (Å²) in [5.74, 6) is -0.419. The largest absolute Gasteiger partial charge is 0.449 e. The molecule has 0 unspecified atom stereocenters. The van der Waals surface area contributed by atoms with Gasteiger partial charge in [0, 0.05) is 0 Å². The maximum Gasteiger partial charge on any atom is 0.339 e. The zero-order chi connectivity index (χ0) is 16.8. The smallest absolute Gasteiger partial charge is 0.339 e. The lowest BCUT2D eigenvalue weighted by atomic mass is 10.0. The summed E-state index contributed by atoms with van der Waals surface area (Å²) in [6, 6.07) is 27.7. The molecule has 0 bridgehead atoms. The van der Waals surface area contributed by atoms with E-state index in [1.165, 1.54) is 0 Å². The number of nitrogens with zero attached hydrogens (tertiary/aromatic N) is 1. The van der Waals surface area contributed by atoms with Crippen LogP contribution in [0.15, 0.2) is 84.9 Å². The van der Waals surface area contributed by atoms with Crippen molar-refractivity contribution < 1.29 is 9.53 Å². The molecule has 0 aliphatic rings. The van der Waals surface area contributed by atoms with Crippen molar-refractivity contribution in [1.29, 1.82) is 5.26 Å². The normalized spacial score (nSPS) is 10.2. The molecule has 0 spiro atoms. The molecule has 3 aromatic rings. The van der Waals surface area contributed by atoms with Crippen molar-refractivity contribution in [3.05, 3.63) is 107 Å². The number of benzene rings is 3. The molecule has 0 heterocycles. The quantitative estimate of drug-likeness (QED) is 0.666. The maximum atomic E-state index is 12.5. The molecule has 3 nitrogen and oxygen atoms in total. The average molecular weight is 313 g/mol. The average Bonchev–Trinajstić information content (AvgIpc) is 2.67. The number of esters is 1. The molecule has 0 aliphatic heterocycles. The highest BCUT2D eigenvalue weighted by Crippen LogP contribution is 2.27. The number of rotatable bonds is 4. The Morgan fingerprint density at radius 3 is 1.75 bits per heavy atom. The van der Waals surface area contributed by atoms with Crippen LogP contribution in [0, 0.1) is 11.3 Å². The molecular formula is C21H15NO2. The maximum absolute atomic E-state index is 12.5. The van der Waals surface area contributed by atoms with Crippen molar-refractivity contribution in [2.45, 2.75) is 6.10 Å². The topological polar surface area (TPSA) is 50.1 Å². The number of carbonyl (C=O) groups is 1. The molecule has 0 radical (unpaired) electrons. The fourth-order valence-corrected chi connectivity index (χ4v) is 2.44. The third-order valence-electron chi connectivity index (χ3n) is 3.68. The van der Waals surface area contributed by atoms with E-state index < -0.39 is 12.1 Å². The second kappa shape index (κ2) is 7.26. The summed E-state index contributed by atoms with van der Waals surface area (Å²) in [5, 5.41) is 8.84. The molecule has 3 rings (SSSR count). The number of carbonyl (C=O) groups excluding carboxylic acids is 1. The van der Waals surface area contributed by atoms with E-state index in [0.717, 1.165) is 11.1 Å². The van der Waals surface area contributed by atoms with Crippen molar-refractivity contribution in [1.82, 2.24) is 0 Å². The van der Waals surface area contributed by atoms with Gasteiger partial charge in [0.05, 0.1) is 17.2 Å². The minimum atomic E-state index is -0.476. The van der Waals surface area contributed by atoms with Crippen molar-refractivity contribution >= 4 is 5.97 Å². The molecule has 0 saturated carbocycles. The highest BCUT2D eigenvalue weighted by atomic mass is 16.5. The van der Waals surface area contributed by atoms with Crippen molar-refractivity contribution in [3.63, 3.8) is 0 Å². The van der Waals surface area contributed by atoms with Gasteiger partial charge in [-0.05, 0) is 35.4 Å². The van der Waals surface area contributed by atoms with Gasteiger partial charge in [-0.25, -0.2) is 4.79 Å². The molecule has 0 fully saturated rings. The summed E-state index contributed by atoms with van der Waals surface area (Å²) >= 11 is 0. The lowest BCUT2D eigenvalue weighted by molar-refractivity contribution is 0.0378. The number of hydrogen-bond acceptors (Lipinski definition) is 3. The van der Waals surface area contributed by atoms with Crippen molar-refractivity contribution in [2.75, 3.05) is 0 Å². The standard InChI is InChI=1S/C21H15NO2/c22-15-16-11-13-19(14-12-16)21(23)24-20(17-7-3-1-4-8-17)18-9-5-2-6-10-18/h1-14,20H. The second-order valence-electron chi connectivity index (χ2n) is 5.30. The lowest BCUT2D eigenvalue weighted by Gasteiger charge is -2.19. The van der Waals surface area contributed by atoms with Crippen LogP contribution in [-0.2, 0) is 4.74 Å². The number of nitriles is 1.